The first-order valence-corrected chi connectivity index (χ1v) is 3.95. The molecule has 0 saturated heterocycles. The topological polar surface area (TPSA) is 12.4 Å². The van der Waals surface area contributed by atoms with Crippen LogP contribution in [-0.4, -0.2) is 12.3 Å². The molecular formula is C8H13N. The van der Waals surface area contributed by atoms with Crippen LogP contribution < -0.4 is 0 Å². The maximum Gasteiger partial charge on any atom is 0.0391 e. The standard InChI is InChI=1S/C8H13N/c1-2-7-6-3-4-9-8(7)5-6/h6-7H,2-5H2,1H3. The van der Waals surface area contributed by atoms with Gasteiger partial charge >= 0.3 is 0 Å². The SMILES string of the molecule is CCC1C2=NCCC1C2. The zero-order chi connectivity index (χ0) is 6.27. The minimum absolute atomic E-state index is 0.902. The summed E-state index contributed by atoms with van der Waals surface area (Å²) in [5.41, 5.74) is 1.52. The van der Waals surface area contributed by atoms with Crippen molar-refractivity contribution in [2.24, 2.45) is 16.8 Å². The van der Waals surface area contributed by atoms with Gasteiger partial charge in [-0.3, -0.25) is 4.99 Å². The van der Waals surface area contributed by atoms with E-state index in [-0.39, 0.29) is 0 Å². The van der Waals surface area contributed by atoms with Crippen molar-refractivity contribution in [3.05, 3.63) is 0 Å². The van der Waals surface area contributed by atoms with Crippen LogP contribution in [0.5, 0.6) is 0 Å². The van der Waals surface area contributed by atoms with Gasteiger partial charge in [-0.15, -0.1) is 0 Å². The Kier molecular flexibility index (Phi) is 1.11. The maximum atomic E-state index is 4.46. The molecule has 0 aromatic heterocycles. The van der Waals surface area contributed by atoms with Crippen molar-refractivity contribution in [2.75, 3.05) is 6.54 Å². The number of hydrogen-bond donors (Lipinski definition) is 0. The van der Waals surface area contributed by atoms with Crippen molar-refractivity contribution in [1.82, 2.24) is 0 Å². The third-order valence-electron chi connectivity index (χ3n) is 2.72. The molecule has 0 amide bonds. The van der Waals surface area contributed by atoms with Crippen molar-refractivity contribution >= 4 is 5.71 Å². The van der Waals surface area contributed by atoms with Crippen molar-refractivity contribution in [3.63, 3.8) is 0 Å². The summed E-state index contributed by atoms with van der Waals surface area (Å²) in [5.74, 6) is 1.93. The quantitative estimate of drug-likeness (QED) is 0.505. The summed E-state index contributed by atoms with van der Waals surface area (Å²) in [6.07, 6.45) is 4.02. The van der Waals surface area contributed by atoms with Gasteiger partial charge in [0.2, 0.25) is 0 Å². The van der Waals surface area contributed by atoms with Crippen molar-refractivity contribution in [3.8, 4) is 0 Å². The van der Waals surface area contributed by atoms with E-state index < -0.39 is 0 Å². The predicted molar refractivity (Wildman–Crippen MR) is 38.8 cm³/mol. The highest BCUT2D eigenvalue weighted by atomic mass is 14.8. The molecule has 0 aromatic rings. The second-order valence-corrected chi connectivity index (χ2v) is 3.14. The van der Waals surface area contributed by atoms with E-state index in [2.05, 4.69) is 11.9 Å². The van der Waals surface area contributed by atoms with Crippen LogP contribution in [0.2, 0.25) is 0 Å². The summed E-state index contributed by atoms with van der Waals surface area (Å²) < 4.78 is 0. The second-order valence-electron chi connectivity index (χ2n) is 3.14. The minimum atomic E-state index is 0.902. The van der Waals surface area contributed by atoms with E-state index in [1.54, 1.807) is 0 Å². The third kappa shape index (κ3) is 0.637. The highest BCUT2D eigenvalue weighted by Crippen LogP contribution is 2.39. The molecule has 0 spiro atoms. The normalized spacial score (nSPS) is 39.4. The summed E-state index contributed by atoms with van der Waals surface area (Å²) in [7, 11) is 0. The molecule has 2 heterocycles. The van der Waals surface area contributed by atoms with Gasteiger partial charge in [-0.1, -0.05) is 6.92 Å². The summed E-state index contributed by atoms with van der Waals surface area (Å²) in [5, 5.41) is 0. The molecule has 3 aliphatic rings. The zero-order valence-corrected chi connectivity index (χ0v) is 5.93. The highest BCUT2D eigenvalue weighted by Gasteiger charge is 2.37. The number of rotatable bonds is 1. The summed E-state index contributed by atoms with van der Waals surface area (Å²) in [4.78, 5) is 4.46. The molecule has 1 saturated carbocycles. The van der Waals surface area contributed by atoms with E-state index in [9.17, 15) is 0 Å². The molecule has 1 nitrogen and oxygen atoms in total. The summed E-state index contributed by atoms with van der Waals surface area (Å²) >= 11 is 0. The van der Waals surface area contributed by atoms with Gasteiger partial charge in [0.05, 0.1) is 0 Å². The van der Waals surface area contributed by atoms with Gasteiger partial charge in [-0.2, -0.15) is 0 Å². The fourth-order valence-electron chi connectivity index (χ4n) is 2.10. The van der Waals surface area contributed by atoms with Gasteiger partial charge in [0, 0.05) is 12.3 Å². The van der Waals surface area contributed by atoms with Gasteiger partial charge in [-0.05, 0) is 31.1 Å². The minimum Gasteiger partial charge on any atom is -0.294 e. The first-order valence-electron chi connectivity index (χ1n) is 3.95. The fourth-order valence-corrected chi connectivity index (χ4v) is 2.10. The lowest BCUT2D eigenvalue weighted by Gasteiger charge is -2.41. The first kappa shape index (κ1) is 5.45. The Morgan fingerprint density at radius 1 is 1.67 bits per heavy atom. The molecule has 3 rings (SSSR count). The number of aliphatic imine (C=N–C) groups is 1. The van der Waals surface area contributed by atoms with E-state index in [4.69, 9.17) is 0 Å². The first-order chi connectivity index (χ1) is 4.42. The fraction of sp³-hybridized carbons (Fsp3) is 0.875. The van der Waals surface area contributed by atoms with E-state index in [0.717, 1.165) is 18.4 Å². The van der Waals surface area contributed by atoms with Crippen LogP contribution in [0.15, 0.2) is 4.99 Å². The van der Waals surface area contributed by atoms with E-state index in [1.165, 1.54) is 25.0 Å². The van der Waals surface area contributed by atoms with Crippen LogP contribution in [0, 0.1) is 11.8 Å². The van der Waals surface area contributed by atoms with Gasteiger partial charge in [0.15, 0.2) is 0 Å². The Morgan fingerprint density at radius 3 is 2.89 bits per heavy atom. The average Bonchev–Trinajstić information content (AvgIpc) is 1.90. The Bertz CT molecular complexity index is 149. The van der Waals surface area contributed by atoms with Crippen LogP contribution >= 0.6 is 0 Å². The molecule has 50 valence electrons. The molecule has 2 aliphatic heterocycles. The molecule has 1 heteroatoms. The molecular weight excluding hydrogens is 110 g/mol. The van der Waals surface area contributed by atoms with E-state index >= 15 is 0 Å². The van der Waals surface area contributed by atoms with Gasteiger partial charge in [0.25, 0.3) is 0 Å². The van der Waals surface area contributed by atoms with E-state index in [0.29, 0.717) is 0 Å². The van der Waals surface area contributed by atoms with Gasteiger partial charge in [-0.25, -0.2) is 0 Å². The van der Waals surface area contributed by atoms with Crippen LogP contribution in [0.4, 0.5) is 0 Å². The van der Waals surface area contributed by atoms with Crippen molar-refractivity contribution < 1.29 is 0 Å². The molecule has 9 heavy (non-hydrogen) atoms. The number of fused-ring (bicyclic) bond motifs is 2. The van der Waals surface area contributed by atoms with Crippen LogP contribution in [-0.2, 0) is 0 Å². The summed E-state index contributed by atoms with van der Waals surface area (Å²) in [6, 6.07) is 0. The lowest BCUT2D eigenvalue weighted by Crippen LogP contribution is -2.40. The zero-order valence-electron chi connectivity index (χ0n) is 5.93. The molecule has 1 fully saturated rings. The monoisotopic (exact) mass is 123 g/mol. The Hall–Kier alpha value is -0.330. The second kappa shape index (κ2) is 1.83. The molecule has 0 N–H and O–H groups in total. The Morgan fingerprint density at radius 2 is 2.56 bits per heavy atom. The van der Waals surface area contributed by atoms with Crippen LogP contribution in [0.3, 0.4) is 0 Å². The van der Waals surface area contributed by atoms with Crippen molar-refractivity contribution in [1.29, 1.82) is 0 Å². The summed E-state index contributed by atoms with van der Waals surface area (Å²) in [6.45, 7) is 3.40. The predicted octanol–water partition coefficient (Wildman–Crippen LogP) is 1.88. The molecule has 1 aliphatic carbocycles. The lowest BCUT2D eigenvalue weighted by atomic mass is 9.67. The highest BCUT2D eigenvalue weighted by molar-refractivity contribution is 5.93. The molecule has 0 radical (unpaired) electrons. The van der Waals surface area contributed by atoms with Crippen LogP contribution in [0.1, 0.15) is 26.2 Å². The Balaban J connectivity index is 2.13. The lowest BCUT2D eigenvalue weighted by molar-refractivity contribution is 0.307. The Labute approximate surface area is 56.2 Å². The molecule has 2 atom stereocenters. The van der Waals surface area contributed by atoms with Crippen LogP contribution in [0.25, 0.3) is 0 Å². The van der Waals surface area contributed by atoms with Gasteiger partial charge < -0.3 is 0 Å². The smallest absolute Gasteiger partial charge is 0.0391 e. The molecule has 2 unspecified atom stereocenters. The molecule has 2 bridgehead atoms. The van der Waals surface area contributed by atoms with Gasteiger partial charge in [0.1, 0.15) is 0 Å². The largest absolute Gasteiger partial charge is 0.294 e. The van der Waals surface area contributed by atoms with Crippen molar-refractivity contribution in [2.45, 2.75) is 26.2 Å². The third-order valence-corrected chi connectivity index (χ3v) is 2.72. The average molecular weight is 123 g/mol. The number of hydrogen-bond acceptors (Lipinski definition) is 1. The maximum absolute atomic E-state index is 4.46. The molecule has 0 aromatic carbocycles. The number of nitrogens with zero attached hydrogens (tertiary/aromatic N) is 1. The van der Waals surface area contributed by atoms with E-state index in [1.807, 2.05) is 0 Å².